The number of benzene rings is 1. The Morgan fingerprint density at radius 1 is 1.19 bits per heavy atom. The molecule has 0 aromatic heterocycles. The van der Waals surface area contributed by atoms with Crippen LogP contribution in [0, 0.1) is 11.3 Å². The fraction of sp³-hybridized carbons (Fsp3) is 0.500. The number of carboxylic acids is 1. The Kier molecular flexibility index (Phi) is 5.76. The fourth-order valence-corrected chi connectivity index (χ4v) is 1.63. The molecule has 0 bridgehead atoms. The number of hydrogen-bond donors (Lipinski definition) is 3. The van der Waals surface area contributed by atoms with E-state index in [-0.39, 0.29) is 5.41 Å². The number of carbonyl (C=O) groups excluding carboxylic acids is 1. The average Bonchev–Trinajstić information content (AvgIpc) is 2.43. The van der Waals surface area contributed by atoms with Gasteiger partial charge in [0.25, 0.3) is 0 Å². The second-order valence-corrected chi connectivity index (χ2v) is 6.15. The van der Waals surface area contributed by atoms with Crippen molar-refractivity contribution in [2.75, 3.05) is 6.54 Å². The van der Waals surface area contributed by atoms with Crippen LogP contribution in [0.5, 0.6) is 0 Å². The lowest BCUT2D eigenvalue weighted by atomic mass is 9.81. The molecule has 0 saturated heterocycles. The van der Waals surface area contributed by atoms with E-state index in [0.29, 0.717) is 18.0 Å². The molecule has 1 aromatic carbocycles. The minimum Gasteiger partial charge on any atom is -0.479 e. The zero-order valence-corrected chi connectivity index (χ0v) is 13.0. The molecule has 0 radical (unpaired) electrons. The summed E-state index contributed by atoms with van der Waals surface area (Å²) in [7, 11) is 0. The van der Waals surface area contributed by atoms with Crippen molar-refractivity contribution in [1.29, 1.82) is 0 Å². The summed E-state index contributed by atoms with van der Waals surface area (Å²) in [6.07, 6.45) is 0. The van der Waals surface area contributed by atoms with Gasteiger partial charge in [0.1, 0.15) is 0 Å². The van der Waals surface area contributed by atoms with Crippen LogP contribution in [-0.2, 0) is 4.79 Å². The number of rotatable bonds is 6. The summed E-state index contributed by atoms with van der Waals surface area (Å²) in [6.45, 7) is 8.78. The molecular weight excluding hydrogens is 268 g/mol. The van der Waals surface area contributed by atoms with Crippen molar-refractivity contribution in [3.8, 4) is 0 Å². The molecule has 5 nitrogen and oxygen atoms in total. The Balaban J connectivity index is 2.65. The summed E-state index contributed by atoms with van der Waals surface area (Å²) in [5.74, 6) is -0.679. The highest BCUT2D eigenvalue weighted by atomic mass is 16.4. The molecule has 0 heterocycles. The molecule has 116 valence electrons. The largest absolute Gasteiger partial charge is 0.479 e. The van der Waals surface area contributed by atoms with Crippen molar-refractivity contribution in [2.24, 2.45) is 11.3 Å². The minimum absolute atomic E-state index is 0.0528. The van der Waals surface area contributed by atoms with E-state index in [2.05, 4.69) is 38.3 Å². The molecule has 1 unspecified atom stereocenters. The summed E-state index contributed by atoms with van der Waals surface area (Å²) in [5, 5.41) is 14.5. The first-order valence-corrected chi connectivity index (χ1v) is 7.06. The SMILES string of the molecule is CC(C)C(C)(C)CNC(=O)NC(C(=O)O)c1ccccc1. The number of hydrogen-bond acceptors (Lipinski definition) is 2. The Bertz CT molecular complexity index is 484. The smallest absolute Gasteiger partial charge is 0.330 e. The van der Waals surface area contributed by atoms with Gasteiger partial charge in [0.05, 0.1) is 0 Å². The number of nitrogens with one attached hydrogen (secondary N) is 2. The van der Waals surface area contributed by atoms with Crippen molar-refractivity contribution < 1.29 is 14.7 Å². The first-order chi connectivity index (χ1) is 9.74. The van der Waals surface area contributed by atoms with Gasteiger partial charge in [-0.1, -0.05) is 58.0 Å². The molecule has 2 amide bonds. The summed E-state index contributed by atoms with van der Waals surface area (Å²) in [5.41, 5.74) is 0.492. The Morgan fingerprint density at radius 2 is 1.76 bits per heavy atom. The van der Waals surface area contributed by atoms with Gasteiger partial charge in [-0.3, -0.25) is 0 Å². The van der Waals surface area contributed by atoms with Gasteiger partial charge in [-0.25, -0.2) is 9.59 Å². The lowest BCUT2D eigenvalue weighted by Gasteiger charge is -2.29. The molecule has 1 atom stereocenters. The topological polar surface area (TPSA) is 78.4 Å². The van der Waals surface area contributed by atoms with Gasteiger partial charge in [-0.15, -0.1) is 0 Å². The monoisotopic (exact) mass is 292 g/mol. The summed E-state index contributed by atoms with van der Waals surface area (Å²) in [6, 6.07) is 7.12. The van der Waals surface area contributed by atoms with Crippen LogP contribution in [0.3, 0.4) is 0 Å². The normalized spacial score (nSPS) is 12.8. The van der Waals surface area contributed by atoms with E-state index < -0.39 is 18.0 Å². The molecule has 5 heteroatoms. The van der Waals surface area contributed by atoms with Crippen molar-refractivity contribution >= 4 is 12.0 Å². The Hall–Kier alpha value is -2.04. The predicted molar refractivity (Wildman–Crippen MR) is 82.0 cm³/mol. The van der Waals surface area contributed by atoms with Crippen LogP contribution in [0.15, 0.2) is 30.3 Å². The number of urea groups is 1. The van der Waals surface area contributed by atoms with Crippen LogP contribution < -0.4 is 10.6 Å². The lowest BCUT2D eigenvalue weighted by Crippen LogP contribution is -2.45. The maximum atomic E-state index is 11.9. The number of carboxylic acid groups (broad SMARTS) is 1. The second-order valence-electron chi connectivity index (χ2n) is 6.15. The van der Waals surface area contributed by atoms with Gasteiger partial charge in [-0.05, 0) is 16.9 Å². The molecular formula is C16H24N2O3. The van der Waals surface area contributed by atoms with Crippen LogP contribution in [0.2, 0.25) is 0 Å². The fourth-order valence-electron chi connectivity index (χ4n) is 1.63. The van der Waals surface area contributed by atoms with Crippen LogP contribution in [0.1, 0.15) is 39.3 Å². The number of aliphatic carboxylic acids is 1. The molecule has 1 aromatic rings. The third-order valence-electron chi connectivity index (χ3n) is 3.92. The van der Waals surface area contributed by atoms with Gasteiger partial charge in [0.2, 0.25) is 0 Å². The zero-order chi connectivity index (χ0) is 16.0. The van der Waals surface area contributed by atoms with Crippen molar-refractivity contribution in [3.63, 3.8) is 0 Å². The summed E-state index contributed by atoms with van der Waals surface area (Å²) in [4.78, 5) is 23.2. The number of carbonyl (C=O) groups is 2. The molecule has 3 N–H and O–H groups in total. The van der Waals surface area contributed by atoms with Crippen molar-refractivity contribution in [3.05, 3.63) is 35.9 Å². The van der Waals surface area contributed by atoms with Gasteiger partial charge in [-0.2, -0.15) is 0 Å². The molecule has 0 aliphatic carbocycles. The van der Waals surface area contributed by atoms with E-state index in [1.807, 2.05) is 0 Å². The Morgan fingerprint density at radius 3 is 2.24 bits per heavy atom. The molecule has 0 aliphatic rings. The molecule has 21 heavy (non-hydrogen) atoms. The molecule has 0 aliphatic heterocycles. The highest BCUT2D eigenvalue weighted by Gasteiger charge is 2.25. The second kappa shape index (κ2) is 7.11. The molecule has 1 rings (SSSR count). The van der Waals surface area contributed by atoms with E-state index in [1.165, 1.54) is 0 Å². The number of amides is 2. The van der Waals surface area contributed by atoms with Gasteiger partial charge in [0.15, 0.2) is 6.04 Å². The van der Waals surface area contributed by atoms with Gasteiger partial charge in [0, 0.05) is 6.54 Å². The average molecular weight is 292 g/mol. The standard InChI is InChI=1S/C16H24N2O3/c1-11(2)16(3,4)10-17-15(21)18-13(14(19)20)12-8-6-5-7-9-12/h5-9,11,13H,10H2,1-4H3,(H,19,20)(H2,17,18,21). The van der Waals surface area contributed by atoms with Crippen molar-refractivity contribution in [1.82, 2.24) is 10.6 Å². The van der Waals surface area contributed by atoms with Gasteiger partial charge < -0.3 is 15.7 Å². The Labute approximate surface area is 125 Å². The predicted octanol–water partition coefficient (Wildman–Crippen LogP) is 2.79. The molecule has 0 spiro atoms. The maximum Gasteiger partial charge on any atom is 0.330 e. The first kappa shape index (κ1) is 17.0. The first-order valence-electron chi connectivity index (χ1n) is 7.06. The van der Waals surface area contributed by atoms with Crippen LogP contribution in [-0.4, -0.2) is 23.7 Å². The van der Waals surface area contributed by atoms with Crippen LogP contribution >= 0.6 is 0 Å². The molecule has 0 fully saturated rings. The minimum atomic E-state index is -1.08. The quantitative estimate of drug-likeness (QED) is 0.754. The van der Waals surface area contributed by atoms with Gasteiger partial charge >= 0.3 is 12.0 Å². The zero-order valence-electron chi connectivity index (χ0n) is 13.0. The third kappa shape index (κ3) is 5.10. The van der Waals surface area contributed by atoms with E-state index >= 15 is 0 Å². The summed E-state index contributed by atoms with van der Waals surface area (Å²) < 4.78 is 0. The maximum absolute atomic E-state index is 11.9. The lowest BCUT2D eigenvalue weighted by molar-refractivity contribution is -0.139. The van der Waals surface area contributed by atoms with Crippen molar-refractivity contribution in [2.45, 2.75) is 33.7 Å². The van der Waals surface area contributed by atoms with Crippen LogP contribution in [0.4, 0.5) is 4.79 Å². The highest BCUT2D eigenvalue weighted by Crippen LogP contribution is 2.24. The van der Waals surface area contributed by atoms with E-state index in [0.717, 1.165) is 0 Å². The van der Waals surface area contributed by atoms with Crippen LogP contribution in [0.25, 0.3) is 0 Å². The van der Waals surface area contributed by atoms with E-state index in [9.17, 15) is 14.7 Å². The van der Waals surface area contributed by atoms with E-state index in [1.54, 1.807) is 30.3 Å². The van der Waals surface area contributed by atoms with E-state index in [4.69, 9.17) is 0 Å². The third-order valence-corrected chi connectivity index (χ3v) is 3.92. The highest BCUT2D eigenvalue weighted by molar-refractivity contribution is 5.83. The summed E-state index contributed by atoms with van der Waals surface area (Å²) >= 11 is 0. The molecule has 0 saturated carbocycles.